The summed E-state index contributed by atoms with van der Waals surface area (Å²) in [6, 6.07) is 3.09. The van der Waals surface area contributed by atoms with Gasteiger partial charge in [0.25, 0.3) is 0 Å². The van der Waals surface area contributed by atoms with Gasteiger partial charge in [-0.15, -0.1) is 10.2 Å². The minimum absolute atomic E-state index is 0.0859. The Kier molecular flexibility index (Phi) is 7.30. The van der Waals surface area contributed by atoms with Crippen LogP contribution in [0.1, 0.15) is 13.8 Å². The van der Waals surface area contributed by atoms with Crippen LogP contribution < -0.4 is 5.49 Å². The molecule has 0 aliphatic rings. The van der Waals surface area contributed by atoms with Crippen LogP contribution in [-0.2, 0) is 4.79 Å². The van der Waals surface area contributed by atoms with Gasteiger partial charge in [-0.1, -0.05) is 11.6 Å². The van der Waals surface area contributed by atoms with E-state index >= 15 is 0 Å². The van der Waals surface area contributed by atoms with Crippen molar-refractivity contribution in [3.05, 3.63) is 28.8 Å². The van der Waals surface area contributed by atoms with Gasteiger partial charge in [0.2, 0.25) is 5.78 Å². The molecule has 0 aliphatic heterocycles. The second kappa shape index (κ2) is 7.97. The number of aromatic amines is 1. The highest BCUT2D eigenvalue weighted by molar-refractivity contribution is 6.30. The summed E-state index contributed by atoms with van der Waals surface area (Å²) in [6.07, 6.45) is -7.62. The van der Waals surface area contributed by atoms with Gasteiger partial charge >= 0.3 is 12.4 Å². The van der Waals surface area contributed by atoms with Gasteiger partial charge in [-0.05, 0) is 19.1 Å². The molecule has 4 nitrogen and oxygen atoms in total. The number of aromatic nitrogens is 1. The van der Waals surface area contributed by atoms with Gasteiger partial charge in [-0.25, -0.2) is 0 Å². The Morgan fingerprint density at radius 1 is 1.14 bits per heavy atom. The topological polar surface area (TPSA) is 57.6 Å². The lowest BCUT2D eigenvalue weighted by atomic mass is 10.4. The Morgan fingerprint density at radius 3 is 2.00 bits per heavy atom. The maximum atomic E-state index is 12.0. The molecule has 0 unspecified atom stereocenters. The number of carbonyl (C=O) groups is 1. The van der Waals surface area contributed by atoms with Gasteiger partial charge in [0.1, 0.15) is 5.71 Å². The zero-order valence-corrected chi connectivity index (χ0v) is 11.9. The molecule has 1 aromatic heterocycles. The third-order valence-electron chi connectivity index (χ3n) is 1.89. The van der Waals surface area contributed by atoms with Crippen LogP contribution in [0.3, 0.4) is 0 Å². The number of carbonyl (C=O) groups excluding carboxylic acids is 1. The smallest absolute Gasteiger partial charge is 0.344 e. The first kappa shape index (κ1) is 20.2. The van der Waals surface area contributed by atoms with Gasteiger partial charge in [-0.3, -0.25) is 4.79 Å². The Morgan fingerprint density at radius 2 is 1.64 bits per heavy atom. The third-order valence-corrected chi connectivity index (χ3v) is 2.20. The van der Waals surface area contributed by atoms with E-state index in [1.54, 1.807) is 6.07 Å². The first-order valence-electron chi connectivity index (χ1n) is 5.42. The molecule has 0 atom stereocenters. The minimum Gasteiger partial charge on any atom is -0.344 e. The van der Waals surface area contributed by atoms with Crippen LogP contribution in [0.25, 0.3) is 0 Å². The van der Waals surface area contributed by atoms with Gasteiger partial charge < -0.3 is 4.98 Å². The number of Topliss-reactive ketones (excluding diaryl/α,β-unsaturated/α-hetero) is 1. The van der Waals surface area contributed by atoms with Gasteiger partial charge in [-0.2, -0.15) is 26.3 Å². The number of H-pyrrole nitrogens is 1. The fraction of sp³-hybridized carbons (Fsp3) is 0.364. The highest BCUT2D eigenvalue weighted by Gasteiger charge is 2.33. The fourth-order valence-electron chi connectivity index (χ4n) is 0.666. The standard InChI is InChI=1S/C8H7ClF3N3.C3H3F3O/c1-5(8(10,11)12)14-15-7-6(9)3-2-4-13-7;1-2(7)3(4,5)6/h2-4H,1H3,(H,13,15);1H3/b14-5-;. The number of halogens is 7. The predicted molar refractivity (Wildman–Crippen MR) is 67.3 cm³/mol. The number of hydrogen-bond acceptors (Lipinski definition) is 3. The van der Waals surface area contributed by atoms with Crippen LogP contribution in [-0.4, -0.2) is 28.8 Å². The molecule has 0 saturated heterocycles. The second-order valence-electron chi connectivity index (χ2n) is 3.70. The number of nitrogens with zero attached hydrogens (tertiary/aromatic N) is 2. The summed E-state index contributed by atoms with van der Waals surface area (Å²) in [7, 11) is 0. The Balaban J connectivity index is 0.000000534. The molecule has 1 aromatic rings. The molecule has 0 radical (unpaired) electrons. The number of nitrogens with one attached hydrogen (secondary N) is 1. The van der Waals surface area contributed by atoms with Crippen molar-refractivity contribution in [2.24, 2.45) is 10.2 Å². The minimum atomic E-state index is -4.64. The number of ketones is 1. The molecule has 0 saturated carbocycles. The first-order valence-corrected chi connectivity index (χ1v) is 5.80. The monoisotopic (exact) mass is 349 g/mol. The summed E-state index contributed by atoms with van der Waals surface area (Å²) in [5, 5.41) is 6.58. The lowest BCUT2D eigenvalue weighted by Crippen LogP contribution is -2.19. The highest BCUT2D eigenvalue weighted by Crippen LogP contribution is 2.16. The van der Waals surface area contributed by atoms with Crippen molar-refractivity contribution in [3.8, 4) is 0 Å². The number of hydrogen-bond donors (Lipinski definition) is 1. The molecule has 22 heavy (non-hydrogen) atoms. The third kappa shape index (κ3) is 7.81. The second-order valence-corrected chi connectivity index (χ2v) is 4.11. The molecule has 124 valence electrons. The van der Waals surface area contributed by atoms with Crippen LogP contribution in [0.5, 0.6) is 0 Å². The van der Waals surface area contributed by atoms with E-state index < -0.39 is 23.8 Å². The Labute approximate surface area is 125 Å². The molecule has 1 heterocycles. The van der Waals surface area contributed by atoms with Gasteiger partial charge in [0.15, 0.2) is 5.49 Å². The largest absolute Gasteiger partial charge is 0.449 e. The van der Waals surface area contributed by atoms with Gasteiger partial charge in [0.05, 0.1) is 5.02 Å². The van der Waals surface area contributed by atoms with E-state index in [0.717, 1.165) is 6.92 Å². The maximum Gasteiger partial charge on any atom is 0.449 e. The quantitative estimate of drug-likeness (QED) is 0.469. The SMILES string of the molecule is C/C(=N/N=c1\[nH]cccc1Cl)C(F)(F)F.CC(=O)C(F)(F)F. The molecule has 0 amide bonds. The average molecular weight is 350 g/mol. The van der Waals surface area contributed by atoms with E-state index in [1.807, 2.05) is 0 Å². The van der Waals surface area contributed by atoms with E-state index in [0.29, 0.717) is 6.92 Å². The summed E-state index contributed by atoms with van der Waals surface area (Å²) < 4.78 is 68.5. The van der Waals surface area contributed by atoms with Gasteiger partial charge in [0, 0.05) is 13.1 Å². The van der Waals surface area contributed by atoms with Crippen LogP contribution >= 0.6 is 11.6 Å². The molecule has 11 heteroatoms. The molecule has 0 spiro atoms. The number of alkyl halides is 6. The molecule has 0 bridgehead atoms. The molecular weight excluding hydrogens is 340 g/mol. The summed E-state index contributed by atoms with van der Waals surface area (Å²) in [4.78, 5) is 11.9. The van der Waals surface area contributed by atoms with E-state index in [4.69, 9.17) is 11.6 Å². The molecular formula is C11H10ClF6N3O. The lowest BCUT2D eigenvalue weighted by Gasteiger charge is -2.01. The zero-order chi connectivity index (χ0) is 17.6. The lowest BCUT2D eigenvalue weighted by molar-refractivity contribution is -0.168. The van der Waals surface area contributed by atoms with Crippen LogP contribution in [0.15, 0.2) is 28.5 Å². The summed E-state index contributed by atoms with van der Waals surface area (Å²) >= 11 is 5.65. The highest BCUT2D eigenvalue weighted by atomic mass is 35.5. The van der Waals surface area contributed by atoms with Crippen LogP contribution in [0.2, 0.25) is 5.02 Å². The van der Waals surface area contributed by atoms with E-state index in [2.05, 4.69) is 15.2 Å². The molecule has 1 N–H and O–H groups in total. The van der Waals surface area contributed by atoms with Crippen molar-refractivity contribution in [3.63, 3.8) is 0 Å². The zero-order valence-electron chi connectivity index (χ0n) is 11.2. The van der Waals surface area contributed by atoms with E-state index in [-0.39, 0.29) is 10.5 Å². The van der Waals surface area contributed by atoms with Crippen LogP contribution in [0, 0.1) is 0 Å². The maximum absolute atomic E-state index is 12.0. The number of pyridine rings is 1. The van der Waals surface area contributed by atoms with Crippen molar-refractivity contribution in [2.45, 2.75) is 26.2 Å². The van der Waals surface area contributed by atoms with E-state index in [9.17, 15) is 31.1 Å². The predicted octanol–water partition coefficient (Wildman–Crippen LogP) is 3.64. The first-order chi connectivity index (χ1) is 9.85. The van der Waals surface area contributed by atoms with Crippen LogP contribution in [0.4, 0.5) is 26.3 Å². The van der Waals surface area contributed by atoms with E-state index in [1.165, 1.54) is 12.3 Å². The Hall–Kier alpha value is -1.84. The summed E-state index contributed by atoms with van der Waals surface area (Å²) in [6.45, 7) is 1.32. The van der Waals surface area contributed by atoms with Crippen molar-refractivity contribution >= 4 is 23.1 Å². The molecule has 0 fully saturated rings. The fourth-order valence-corrected chi connectivity index (χ4v) is 0.831. The summed E-state index contributed by atoms with van der Waals surface area (Å²) in [5.41, 5.74) is -0.946. The van der Waals surface area contributed by atoms with Crippen molar-refractivity contribution in [2.75, 3.05) is 0 Å². The average Bonchev–Trinajstić information content (AvgIpc) is 2.36. The van der Waals surface area contributed by atoms with Crippen molar-refractivity contribution in [1.82, 2.24) is 4.98 Å². The molecule has 0 aliphatic carbocycles. The number of rotatable bonds is 1. The van der Waals surface area contributed by atoms with Crippen molar-refractivity contribution < 1.29 is 31.1 Å². The normalized spacial score (nSPS) is 13.5. The Bertz CT molecular complexity index is 603. The summed E-state index contributed by atoms with van der Waals surface area (Å²) in [5.74, 6) is -1.76. The molecule has 1 rings (SSSR count). The molecule has 0 aromatic carbocycles. The van der Waals surface area contributed by atoms with Crippen molar-refractivity contribution in [1.29, 1.82) is 0 Å².